The zero-order valence-electron chi connectivity index (χ0n) is 16.4. The van der Waals surface area contributed by atoms with Gasteiger partial charge in [0.25, 0.3) is 0 Å². The van der Waals surface area contributed by atoms with E-state index in [1.807, 2.05) is 26.0 Å². The standard InChI is InChI=1S/C24H30O2/c1-5-12-23(22-15-10-7-11-16-22)24(26-18-17-25-19(2)3)20(4)21-13-8-6-9-14-21/h6-16,19H,5,17-18H2,1-4H3/b23-12-,24-20-. The molecular weight excluding hydrogens is 320 g/mol. The van der Waals surface area contributed by atoms with Gasteiger partial charge < -0.3 is 9.47 Å². The summed E-state index contributed by atoms with van der Waals surface area (Å²) in [7, 11) is 0. The lowest BCUT2D eigenvalue weighted by atomic mass is 9.97. The summed E-state index contributed by atoms with van der Waals surface area (Å²) in [5.41, 5.74) is 4.62. The van der Waals surface area contributed by atoms with Crippen LogP contribution in [0, 0.1) is 0 Å². The second-order valence-corrected chi connectivity index (χ2v) is 6.48. The first-order valence-electron chi connectivity index (χ1n) is 9.40. The van der Waals surface area contributed by atoms with Crippen LogP contribution in [0.3, 0.4) is 0 Å². The van der Waals surface area contributed by atoms with Crippen molar-refractivity contribution >= 4 is 11.1 Å². The molecule has 0 amide bonds. The fourth-order valence-corrected chi connectivity index (χ4v) is 2.80. The topological polar surface area (TPSA) is 18.5 Å². The molecule has 2 aromatic carbocycles. The highest BCUT2D eigenvalue weighted by Gasteiger charge is 2.14. The Bertz CT molecular complexity index is 712. The van der Waals surface area contributed by atoms with Crippen LogP contribution < -0.4 is 0 Å². The van der Waals surface area contributed by atoms with E-state index in [9.17, 15) is 0 Å². The molecule has 0 fully saturated rings. The van der Waals surface area contributed by atoms with Gasteiger partial charge in [0.2, 0.25) is 0 Å². The van der Waals surface area contributed by atoms with E-state index in [1.54, 1.807) is 0 Å². The number of rotatable bonds is 9. The third-order valence-corrected chi connectivity index (χ3v) is 4.07. The van der Waals surface area contributed by atoms with Gasteiger partial charge in [0.1, 0.15) is 12.4 Å². The Kier molecular flexibility index (Phi) is 8.17. The molecule has 2 rings (SSSR count). The molecule has 2 heteroatoms. The van der Waals surface area contributed by atoms with Gasteiger partial charge in [-0.1, -0.05) is 73.7 Å². The number of allylic oxidation sites excluding steroid dienone is 3. The Morgan fingerprint density at radius 1 is 0.885 bits per heavy atom. The average molecular weight is 351 g/mol. The van der Waals surface area contributed by atoms with Gasteiger partial charge in [0.15, 0.2) is 0 Å². The van der Waals surface area contributed by atoms with Crippen LogP contribution in [0.15, 0.2) is 72.5 Å². The molecule has 138 valence electrons. The van der Waals surface area contributed by atoms with Gasteiger partial charge in [-0.05, 0) is 43.9 Å². The van der Waals surface area contributed by atoms with Crippen LogP contribution in [0.2, 0.25) is 0 Å². The first-order chi connectivity index (χ1) is 12.6. The van der Waals surface area contributed by atoms with Gasteiger partial charge in [-0.2, -0.15) is 0 Å². The maximum atomic E-state index is 6.26. The van der Waals surface area contributed by atoms with Gasteiger partial charge >= 0.3 is 0 Å². The number of benzene rings is 2. The third kappa shape index (κ3) is 5.89. The van der Waals surface area contributed by atoms with E-state index in [0.29, 0.717) is 13.2 Å². The largest absolute Gasteiger partial charge is 0.490 e. The molecule has 2 aromatic rings. The van der Waals surface area contributed by atoms with Crippen molar-refractivity contribution in [2.45, 2.75) is 40.2 Å². The molecule has 26 heavy (non-hydrogen) atoms. The molecule has 0 N–H and O–H groups in total. The third-order valence-electron chi connectivity index (χ3n) is 4.07. The predicted molar refractivity (Wildman–Crippen MR) is 111 cm³/mol. The van der Waals surface area contributed by atoms with Crippen molar-refractivity contribution in [1.29, 1.82) is 0 Å². The van der Waals surface area contributed by atoms with Crippen LogP contribution in [0.25, 0.3) is 11.1 Å². The molecule has 0 aliphatic carbocycles. The van der Waals surface area contributed by atoms with Gasteiger partial charge in [0.05, 0.1) is 12.7 Å². The number of hydrogen-bond acceptors (Lipinski definition) is 2. The van der Waals surface area contributed by atoms with Crippen LogP contribution >= 0.6 is 0 Å². The number of hydrogen-bond donors (Lipinski definition) is 0. The molecule has 0 saturated heterocycles. The second-order valence-electron chi connectivity index (χ2n) is 6.48. The van der Waals surface area contributed by atoms with Crippen molar-refractivity contribution in [1.82, 2.24) is 0 Å². The van der Waals surface area contributed by atoms with Crippen LogP contribution in [0.5, 0.6) is 0 Å². The van der Waals surface area contributed by atoms with E-state index < -0.39 is 0 Å². The van der Waals surface area contributed by atoms with Crippen LogP contribution in [0.1, 0.15) is 45.2 Å². The minimum absolute atomic E-state index is 0.209. The molecule has 0 aliphatic rings. The number of ether oxygens (including phenoxy) is 2. The van der Waals surface area contributed by atoms with Crippen LogP contribution in [0.4, 0.5) is 0 Å². The summed E-state index contributed by atoms with van der Waals surface area (Å²) in [6, 6.07) is 20.8. The Labute approximate surface area is 158 Å². The van der Waals surface area contributed by atoms with E-state index in [2.05, 4.69) is 68.5 Å². The van der Waals surface area contributed by atoms with E-state index in [0.717, 1.165) is 23.3 Å². The summed E-state index contributed by atoms with van der Waals surface area (Å²) >= 11 is 0. The summed E-state index contributed by atoms with van der Waals surface area (Å²) in [5, 5.41) is 0. The summed E-state index contributed by atoms with van der Waals surface area (Å²) in [6.45, 7) is 9.47. The lowest BCUT2D eigenvalue weighted by molar-refractivity contribution is 0.0416. The van der Waals surface area contributed by atoms with Crippen molar-refractivity contribution in [2.75, 3.05) is 13.2 Å². The van der Waals surface area contributed by atoms with E-state index >= 15 is 0 Å². The SMILES string of the molecule is CC/C=C(\C(OCCOC(C)C)=C(/C)c1ccccc1)c1ccccc1. The molecule has 0 unspecified atom stereocenters. The van der Waals surface area contributed by atoms with E-state index in [4.69, 9.17) is 9.47 Å². The van der Waals surface area contributed by atoms with Gasteiger partial charge in [-0.3, -0.25) is 0 Å². The first-order valence-corrected chi connectivity index (χ1v) is 9.40. The quantitative estimate of drug-likeness (QED) is 0.298. The molecule has 0 spiro atoms. The maximum Gasteiger partial charge on any atom is 0.130 e. The Morgan fingerprint density at radius 2 is 1.46 bits per heavy atom. The fraction of sp³-hybridized carbons (Fsp3) is 0.333. The highest BCUT2D eigenvalue weighted by Crippen LogP contribution is 2.31. The monoisotopic (exact) mass is 350 g/mol. The zero-order chi connectivity index (χ0) is 18.8. The van der Waals surface area contributed by atoms with Crippen molar-refractivity contribution in [3.05, 3.63) is 83.6 Å². The Balaban J connectivity index is 2.39. The summed E-state index contributed by atoms with van der Waals surface area (Å²) in [5.74, 6) is 0.927. The normalized spacial score (nSPS) is 12.9. The summed E-state index contributed by atoms with van der Waals surface area (Å²) in [6.07, 6.45) is 3.39. The van der Waals surface area contributed by atoms with Gasteiger partial charge in [-0.15, -0.1) is 0 Å². The predicted octanol–water partition coefficient (Wildman–Crippen LogP) is 6.35. The summed E-state index contributed by atoms with van der Waals surface area (Å²) in [4.78, 5) is 0. The van der Waals surface area contributed by atoms with Crippen molar-refractivity contribution in [3.8, 4) is 0 Å². The molecule has 0 aromatic heterocycles. The lowest BCUT2D eigenvalue weighted by Gasteiger charge is -2.19. The zero-order valence-corrected chi connectivity index (χ0v) is 16.4. The molecule has 0 saturated carbocycles. The Hall–Kier alpha value is -2.32. The molecule has 0 heterocycles. The van der Waals surface area contributed by atoms with Crippen molar-refractivity contribution in [3.63, 3.8) is 0 Å². The first kappa shape index (κ1) is 20.0. The maximum absolute atomic E-state index is 6.26. The lowest BCUT2D eigenvalue weighted by Crippen LogP contribution is -2.10. The Morgan fingerprint density at radius 3 is 2.00 bits per heavy atom. The summed E-state index contributed by atoms with van der Waals surface area (Å²) < 4.78 is 11.9. The smallest absolute Gasteiger partial charge is 0.130 e. The van der Waals surface area contributed by atoms with E-state index in [-0.39, 0.29) is 6.10 Å². The highest BCUT2D eigenvalue weighted by atomic mass is 16.5. The van der Waals surface area contributed by atoms with Crippen molar-refractivity contribution in [2.24, 2.45) is 0 Å². The molecule has 0 radical (unpaired) electrons. The van der Waals surface area contributed by atoms with Gasteiger partial charge in [-0.25, -0.2) is 0 Å². The van der Waals surface area contributed by atoms with Crippen LogP contribution in [-0.4, -0.2) is 19.3 Å². The van der Waals surface area contributed by atoms with E-state index in [1.165, 1.54) is 11.1 Å². The molecule has 0 bridgehead atoms. The average Bonchev–Trinajstić information content (AvgIpc) is 2.67. The molecular formula is C24H30O2. The molecule has 0 aliphatic heterocycles. The fourth-order valence-electron chi connectivity index (χ4n) is 2.80. The van der Waals surface area contributed by atoms with Gasteiger partial charge in [0, 0.05) is 5.57 Å². The minimum atomic E-state index is 0.209. The molecule has 0 atom stereocenters. The molecule has 2 nitrogen and oxygen atoms in total. The van der Waals surface area contributed by atoms with Crippen molar-refractivity contribution < 1.29 is 9.47 Å². The highest BCUT2D eigenvalue weighted by molar-refractivity contribution is 5.86. The second kappa shape index (κ2) is 10.6. The minimum Gasteiger partial charge on any atom is -0.490 e. The van der Waals surface area contributed by atoms with Crippen LogP contribution in [-0.2, 0) is 9.47 Å².